The lowest BCUT2D eigenvalue weighted by Crippen LogP contribution is -2.29. The van der Waals surface area contributed by atoms with E-state index in [0.29, 0.717) is 30.2 Å². The van der Waals surface area contributed by atoms with Crippen LogP contribution in [0, 0.1) is 6.92 Å². The number of aromatic nitrogens is 1. The van der Waals surface area contributed by atoms with E-state index in [0.717, 1.165) is 21.8 Å². The normalized spacial score (nSPS) is 13.5. The lowest BCUT2D eigenvalue weighted by atomic mass is 10.1. The van der Waals surface area contributed by atoms with Gasteiger partial charge in [0.15, 0.2) is 11.5 Å². The number of aryl methyl sites for hydroxylation is 1. The van der Waals surface area contributed by atoms with E-state index >= 15 is 0 Å². The first-order valence-corrected chi connectivity index (χ1v) is 11.1. The number of hydrogen-bond acceptors (Lipinski definition) is 6. The van der Waals surface area contributed by atoms with E-state index in [-0.39, 0.29) is 4.90 Å². The molecule has 1 aliphatic rings. The molecule has 0 N–H and O–H groups in total. The van der Waals surface area contributed by atoms with Crippen molar-refractivity contribution < 1.29 is 17.9 Å². The highest BCUT2D eigenvalue weighted by atomic mass is 32.2. The molecule has 8 heteroatoms. The van der Waals surface area contributed by atoms with Crippen LogP contribution in [0.3, 0.4) is 0 Å². The Hall–Kier alpha value is -2.58. The van der Waals surface area contributed by atoms with E-state index in [1.807, 2.05) is 30.5 Å². The van der Waals surface area contributed by atoms with Crippen LogP contribution in [-0.2, 0) is 16.4 Å². The Morgan fingerprint density at radius 1 is 1.07 bits per heavy atom. The van der Waals surface area contributed by atoms with Crippen molar-refractivity contribution in [2.75, 3.05) is 25.1 Å². The standard InChI is InChI=1S/C20H20N2O4S2/c1-13-21-17(12-27-13)14-4-6-18-15(10-14)8-9-22(18)28(23,24)16-5-7-19(25-2)20(11-16)26-3/h4-7,10-12H,8-9H2,1-3H3. The topological polar surface area (TPSA) is 68.7 Å². The summed E-state index contributed by atoms with van der Waals surface area (Å²) < 4.78 is 38.4. The Morgan fingerprint density at radius 2 is 1.86 bits per heavy atom. The minimum Gasteiger partial charge on any atom is -0.493 e. The van der Waals surface area contributed by atoms with Crippen molar-refractivity contribution in [1.82, 2.24) is 4.98 Å². The molecule has 0 fully saturated rings. The molecule has 0 spiro atoms. The van der Waals surface area contributed by atoms with Crippen molar-refractivity contribution >= 4 is 27.0 Å². The monoisotopic (exact) mass is 416 g/mol. The Balaban J connectivity index is 1.70. The predicted octanol–water partition coefficient (Wildman–Crippen LogP) is 3.89. The number of thiazole rings is 1. The van der Waals surface area contributed by atoms with E-state index in [2.05, 4.69) is 4.98 Å². The van der Waals surface area contributed by atoms with Gasteiger partial charge in [0.2, 0.25) is 0 Å². The lowest BCUT2D eigenvalue weighted by molar-refractivity contribution is 0.354. The van der Waals surface area contributed by atoms with Crippen molar-refractivity contribution in [2.24, 2.45) is 0 Å². The summed E-state index contributed by atoms with van der Waals surface area (Å²) in [4.78, 5) is 4.70. The molecule has 1 aromatic heterocycles. The molecule has 0 radical (unpaired) electrons. The van der Waals surface area contributed by atoms with Crippen LogP contribution in [0.15, 0.2) is 46.7 Å². The van der Waals surface area contributed by atoms with Gasteiger partial charge in [-0.25, -0.2) is 13.4 Å². The number of methoxy groups -OCH3 is 2. The van der Waals surface area contributed by atoms with Gasteiger partial charge in [-0.3, -0.25) is 4.31 Å². The van der Waals surface area contributed by atoms with Crippen molar-refractivity contribution in [2.45, 2.75) is 18.2 Å². The van der Waals surface area contributed by atoms with Crippen LogP contribution in [0.5, 0.6) is 11.5 Å². The maximum absolute atomic E-state index is 13.2. The van der Waals surface area contributed by atoms with Gasteiger partial charge < -0.3 is 9.47 Å². The number of nitrogens with zero attached hydrogens (tertiary/aromatic N) is 2. The molecule has 0 saturated heterocycles. The second-order valence-electron chi connectivity index (χ2n) is 6.44. The molecule has 0 saturated carbocycles. The second-order valence-corrected chi connectivity index (χ2v) is 9.36. The molecule has 2 heterocycles. The minimum absolute atomic E-state index is 0.178. The van der Waals surface area contributed by atoms with Crippen molar-refractivity contribution in [3.8, 4) is 22.8 Å². The summed E-state index contributed by atoms with van der Waals surface area (Å²) in [5.74, 6) is 0.878. The maximum Gasteiger partial charge on any atom is 0.264 e. The van der Waals surface area contributed by atoms with Crippen molar-refractivity contribution in [1.29, 1.82) is 0 Å². The molecule has 0 aliphatic carbocycles. The molecule has 3 aromatic rings. The minimum atomic E-state index is -3.70. The van der Waals surface area contributed by atoms with Gasteiger partial charge in [0.05, 0.1) is 35.5 Å². The van der Waals surface area contributed by atoms with Crippen molar-refractivity contribution in [3.05, 3.63) is 52.3 Å². The van der Waals surface area contributed by atoms with Crippen molar-refractivity contribution in [3.63, 3.8) is 0 Å². The SMILES string of the molecule is COc1ccc(S(=O)(=O)N2CCc3cc(-c4csc(C)n4)ccc32)cc1OC. The average Bonchev–Trinajstić information content (AvgIpc) is 3.33. The van der Waals surface area contributed by atoms with Gasteiger partial charge in [-0.05, 0) is 43.2 Å². The molecule has 4 rings (SSSR count). The summed E-state index contributed by atoms with van der Waals surface area (Å²) in [5, 5.41) is 3.03. The molecule has 1 aliphatic heterocycles. The highest BCUT2D eigenvalue weighted by Gasteiger charge is 2.31. The molecule has 0 bridgehead atoms. The number of sulfonamides is 1. The van der Waals surface area contributed by atoms with Gasteiger partial charge in [0.1, 0.15) is 0 Å². The highest BCUT2D eigenvalue weighted by molar-refractivity contribution is 7.92. The fourth-order valence-corrected chi connectivity index (χ4v) is 5.52. The molecular weight excluding hydrogens is 396 g/mol. The van der Waals surface area contributed by atoms with E-state index in [9.17, 15) is 8.42 Å². The summed E-state index contributed by atoms with van der Waals surface area (Å²) in [6, 6.07) is 10.5. The van der Waals surface area contributed by atoms with Gasteiger partial charge in [-0.2, -0.15) is 0 Å². The van der Waals surface area contributed by atoms with Crippen LogP contribution in [0.4, 0.5) is 5.69 Å². The summed E-state index contributed by atoms with van der Waals surface area (Å²) in [7, 11) is -0.694. The molecule has 6 nitrogen and oxygen atoms in total. The number of rotatable bonds is 5. The van der Waals surface area contributed by atoms with E-state index in [1.54, 1.807) is 23.5 Å². The Kier molecular flexibility index (Phi) is 4.76. The van der Waals surface area contributed by atoms with E-state index in [4.69, 9.17) is 9.47 Å². The maximum atomic E-state index is 13.2. The molecular formula is C20H20N2O4S2. The fraction of sp³-hybridized carbons (Fsp3) is 0.250. The zero-order valence-corrected chi connectivity index (χ0v) is 17.4. The first-order valence-electron chi connectivity index (χ1n) is 8.74. The summed E-state index contributed by atoms with van der Waals surface area (Å²) in [6.07, 6.45) is 0.665. The van der Waals surface area contributed by atoms with Crippen LogP contribution in [0.1, 0.15) is 10.6 Å². The number of fused-ring (bicyclic) bond motifs is 1. The first-order chi connectivity index (χ1) is 13.4. The third-order valence-corrected chi connectivity index (χ3v) is 7.37. The van der Waals surface area contributed by atoms with Crippen LogP contribution >= 0.6 is 11.3 Å². The Bertz CT molecular complexity index is 1140. The quantitative estimate of drug-likeness (QED) is 0.631. The fourth-order valence-electron chi connectivity index (χ4n) is 3.38. The molecule has 0 amide bonds. The summed E-state index contributed by atoms with van der Waals surface area (Å²) >= 11 is 1.60. The third kappa shape index (κ3) is 3.12. The molecule has 146 valence electrons. The molecule has 2 aromatic carbocycles. The van der Waals surface area contributed by atoms with E-state index in [1.165, 1.54) is 24.6 Å². The molecule has 0 atom stereocenters. The largest absolute Gasteiger partial charge is 0.493 e. The number of anilines is 1. The number of benzene rings is 2. The zero-order chi connectivity index (χ0) is 19.9. The average molecular weight is 417 g/mol. The van der Waals surface area contributed by atoms with Crippen LogP contribution < -0.4 is 13.8 Å². The first kappa shape index (κ1) is 18.8. The van der Waals surface area contributed by atoms with Gasteiger partial charge in [-0.1, -0.05) is 6.07 Å². The van der Waals surface area contributed by atoms with Gasteiger partial charge in [0.25, 0.3) is 10.0 Å². The zero-order valence-electron chi connectivity index (χ0n) is 15.8. The summed E-state index contributed by atoms with van der Waals surface area (Å²) in [5.41, 5.74) is 3.65. The molecule has 0 unspecified atom stereocenters. The van der Waals surface area contributed by atoms with Gasteiger partial charge >= 0.3 is 0 Å². The lowest BCUT2D eigenvalue weighted by Gasteiger charge is -2.20. The van der Waals surface area contributed by atoms with Crippen LogP contribution in [-0.4, -0.2) is 34.2 Å². The number of ether oxygens (including phenoxy) is 2. The third-order valence-electron chi connectivity index (χ3n) is 4.79. The van der Waals surface area contributed by atoms with Gasteiger partial charge in [0, 0.05) is 23.6 Å². The smallest absolute Gasteiger partial charge is 0.264 e. The number of hydrogen-bond donors (Lipinski definition) is 0. The predicted molar refractivity (Wildman–Crippen MR) is 110 cm³/mol. The van der Waals surface area contributed by atoms with Crippen LogP contribution in [0.2, 0.25) is 0 Å². The summed E-state index contributed by atoms with van der Waals surface area (Å²) in [6.45, 7) is 2.38. The van der Waals surface area contributed by atoms with Gasteiger partial charge in [-0.15, -0.1) is 11.3 Å². The van der Waals surface area contributed by atoms with E-state index < -0.39 is 10.0 Å². The second kappa shape index (κ2) is 7.10. The Morgan fingerprint density at radius 3 is 2.54 bits per heavy atom. The van der Waals surface area contributed by atoms with Crippen LogP contribution in [0.25, 0.3) is 11.3 Å². The Labute approximate surface area is 168 Å². The molecule has 28 heavy (non-hydrogen) atoms. The highest BCUT2D eigenvalue weighted by Crippen LogP contribution is 2.37.